The number of hydrogen-bond donors (Lipinski definition) is 1. The van der Waals surface area contributed by atoms with E-state index in [1.54, 1.807) is 0 Å². The highest BCUT2D eigenvalue weighted by Crippen LogP contribution is 2.33. The first-order valence-electron chi connectivity index (χ1n) is 11.6. The Balaban J connectivity index is 1.50. The van der Waals surface area contributed by atoms with Gasteiger partial charge in [-0.3, -0.25) is 14.5 Å². The van der Waals surface area contributed by atoms with Crippen LogP contribution in [0.15, 0.2) is 33.5 Å². The van der Waals surface area contributed by atoms with Gasteiger partial charge < -0.3 is 14.3 Å². The second-order valence-electron chi connectivity index (χ2n) is 9.25. The number of H-pyrrole nitrogens is 1. The van der Waals surface area contributed by atoms with Gasteiger partial charge in [0.05, 0.1) is 11.7 Å². The smallest absolute Gasteiger partial charge is 0.290 e. The van der Waals surface area contributed by atoms with E-state index in [0.717, 1.165) is 53.6 Å². The Morgan fingerprint density at radius 2 is 2.03 bits per heavy atom. The molecule has 5 rings (SSSR count). The molecular weight excluding hydrogens is 404 g/mol. The zero-order chi connectivity index (χ0) is 22.4. The molecule has 1 N–H and O–H groups in total. The molecule has 7 nitrogen and oxygen atoms in total. The number of carbonyl (C=O) groups excluding carboxylic acids is 1. The summed E-state index contributed by atoms with van der Waals surface area (Å²) in [6.45, 7) is 8.42. The Morgan fingerprint density at radius 3 is 2.81 bits per heavy atom. The van der Waals surface area contributed by atoms with Crippen molar-refractivity contribution < 1.29 is 9.21 Å². The summed E-state index contributed by atoms with van der Waals surface area (Å²) >= 11 is 0. The number of para-hydroxylation sites is 1. The molecule has 3 aromatic rings. The van der Waals surface area contributed by atoms with Gasteiger partial charge in [-0.2, -0.15) is 0 Å². The number of benzene rings is 1. The second kappa shape index (κ2) is 8.20. The molecule has 1 atom stereocenters. The number of likely N-dealkylation sites (tertiary alicyclic amines) is 1. The molecule has 0 saturated carbocycles. The number of rotatable bonds is 3. The summed E-state index contributed by atoms with van der Waals surface area (Å²) in [5.41, 5.74) is 3.14. The van der Waals surface area contributed by atoms with E-state index in [-0.39, 0.29) is 17.5 Å². The zero-order valence-corrected chi connectivity index (χ0v) is 19.0. The molecule has 32 heavy (non-hydrogen) atoms. The van der Waals surface area contributed by atoms with Crippen LogP contribution < -0.4 is 5.56 Å². The van der Waals surface area contributed by atoms with Gasteiger partial charge in [-0.25, -0.2) is 4.98 Å². The molecule has 0 spiro atoms. The maximum Gasteiger partial charge on any atom is 0.290 e. The molecule has 1 amide bonds. The maximum absolute atomic E-state index is 13.6. The van der Waals surface area contributed by atoms with E-state index in [4.69, 9.17) is 9.40 Å². The van der Waals surface area contributed by atoms with E-state index in [1.165, 1.54) is 0 Å². The molecular formula is C25H30N4O3. The topological polar surface area (TPSA) is 82.4 Å². The molecule has 1 saturated heterocycles. The highest BCUT2D eigenvalue weighted by Gasteiger charge is 2.34. The summed E-state index contributed by atoms with van der Waals surface area (Å²) in [5, 5.41) is 0.957. The maximum atomic E-state index is 13.6. The standard InChI is InChI=1S/C25H30N4O3/c1-15(2)28-13-11-18-19(14-28)26-23(27-24(18)30)20-9-6-7-12-29(20)25(31)22-16(3)17-8-4-5-10-21(17)32-22/h4-5,8,10,15,20H,6-7,9,11-14H2,1-3H3,(H,26,27,30)/t20-/m1/s1. The molecule has 7 heteroatoms. The summed E-state index contributed by atoms with van der Waals surface area (Å²) in [4.78, 5) is 38.6. The lowest BCUT2D eigenvalue weighted by atomic mass is 9.99. The van der Waals surface area contributed by atoms with Gasteiger partial charge in [0, 0.05) is 42.2 Å². The van der Waals surface area contributed by atoms with E-state index >= 15 is 0 Å². The number of fused-ring (bicyclic) bond motifs is 2. The highest BCUT2D eigenvalue weighted by atomic mass is 16.3. The van der Waals surface area contributed by atoms with E-state index in [1.807, 2.05) is 36.1 Å². The molecule has 1 aromatic carbocycles. The van der Waals surface area contributed by atoms with E-state index in [2.05, 4.69) is 23.7 Å². The molecule has 4 heterocycles. The second-order valence-corrected chi connectivity index (χ2v) is 9.25. The number of aromatic nitrogens is 2. The lowest BCUT2D eigenvalue weighted by Crippen LogP contribution is -2.42. The number of amides is 1. The lowest BCUT2D eigenvalue weighted by molar-refractivity contribution is 0.0567. The summed E-state index contributed by atoms with van der Waals surface area (Å²) in [7, 11) is 0. The lowest BCUT2D eigenvalue weighted by Gasteiger charge is -2.36. The van der Waals surface area contributed by atoms with E-state index in [9.17, 15) is 9.59 Å². The predicted octanol–water partition coefficient (Wildman–Crippen LogP) is 3.96. The molecule has 0 aliphatic carbocycles. The largest absolute Gasteiger partial charge is 0.451 e. The number of aryl methyl sites for hydroxylation is 1. The van der Waals surface area contributed by atoms with Crippen LogP contribution in [0.1, 0.15) is 72.4 Å². The van der Waals surface area contributed by atoms with Crippen molar-refractivity contribution in [3.8, 4) is 0 Å². The third kappa shape index (κ3) is 3.54. The first kappa shape index (κ1) is 20.9. The average molecular weight is 435 g/mol. The van der Waals surface area contributed by atoms with Gasteiger partial charge in [-0.05, 0) is 52.5 Å². The number of aromatic amines is 1. The van der Waals surface area contributed by atoms with Crippen LogP contribution in [-0.4, -0.2) is 44.8 Å². The Morgan fingerprint density at radius 1 is 1.22 bits per heavy atom. The Bertz CT molecular complexity index is 1230. The summed E-state index contributed by atoms with van der Waals surface area (Å²) in [6.07, 6.45) is 3.41. The minimum atomic E-state index is -0.253. The van der Waals surface area contributed by atoms with E-state index in [0.29, 0.717) is 37.1 Å². The van der Waals surface area contributed by atoms with Crippen LogP contribution in [0.3, 0.4) is 0 Å². The van der Waals surface area contributed by atoms with Crippen molar-refractivity contribution in [3.63, 3.8) is 0 Å². The summed E-state index contributed by atoms with van der Waals surface area (Å²) < 4.78 is 5.96. The zero-order valence-electron chi connectivity index (χ0n) is 19.0. The van der Waals surface area contributed by atoms with Crippen molar-refractivity contribution in [3.05, 3.63) is 63.0 Å². The van der Waals surface area contributed by atoms with Gasteiger partial charge in [0.1, 0.15) is 11.4 Å². The van der Waals surface area contributed by atoms with Gasteiger partial charge in [-0.15, -0.1) is 0 Å². The average Bonchev–Trinajstić information content (AvgIpc) is 3.14. The number of piperidine rings is 1. The molecule has 0 unspecified atom stereocenters. The number of furan rings is 1. The van der Waals surface area contributed by atoms with Crippen LogP contribution in [0.25, 0.3) is 11.0 Å². The van der Waals surface area contributed by atoms with Crippen LogP contribution in [-0.2, 0) is 13.0 Å². The number of hydrogen-bond acceptors (Lipinski definition) is 5. The van der Waals surface area contributed by atoms with Crippen molar-refractivity contribution in [1.82, 2.24) is 19.8 Å². The van der Waals surface area contributed by atoms with E-state index < -0.39 is 0 Å². The SMILES string of the molecule is Cc1c(C(=O)N2CCCC[C@@H]2c2nc3c(c(=O)[nH]2)CCN(C(C)C)C3)oc2ccccc12. The Kier molecular flexibility index (Phi) is 5.37. The van der Waals surface area contributed by atoms with Crippen molar-refractivity contribution in [2.45, 2.75) is 65.1 Å². The van der Waals surface area contributed by atoms with Gasteiger partial charge in [0.25, 0.3) is 11.5 Å². The highest BCUT2D eigenvalue weighted by molar-refractivity contribution is 5.99. The molecule has 0 radical (unpaired) electrons. The predicted molar refractivity (Wildman–Crippen MR) is 123 cm³/mol. The van der Waals surface area contributed by atoms with Gasteiger partial charge in [0.2, 0.25) is 0 Å². The Labute approximate surface area is 187 Å². The fourth-order valence-electron chi connectivity index (χ4n) is 5.05. The van der Waals surface area contributed by atoms with Crippen LogP contribution in [0.5, 0.6) is 0 Å². The number of nitrogens with zero attached hydrogens (tertiary/aromatic N) is 3. The summed E-state index contributed by atoms with van der Waals surface area (Å²) in [6, 6.07) is 7.86. The molecule has 1 fully saturated rings. The van der Waals surface area contributed by atoms with Crippen LogP contribution in [0.2, 0.25) is 0 Å². The van der Waals surface area contributed by atoms with Crippen molar-refractivity contribution >= 4 is 16.9 Å². The van der Waals surface area contributed by atoms with Crippen LogP contribution >= 0.6 is 0 Å². The molecule has 2 aliphatic rings. The first-order valence-corrected chi connectivity index (χ1v) is 11.6. The van der Waals surface area contributed by atoms with Gasteiger partial charge in [0.15, 0.2) is 5.76 Å². The first-order chi connectivity index (χ1) is 15.4. The van der Waals surface area contributed by atoms with Crippen molar-refractivity contribution in [1.29, 1.82) is 0 Å². The van der Waals surface area contributed by atoms with Crippen LogP contribution in [0, 0.1) is 6.92 Å². The fourth-order valence-corrected chi connectivity index (χ4v) is 5.05. The number of nitrogens with one attached hydrogen (secondary N) is 1. The van der Waals surface area contributed by atoms with Crippen LogP contribution in [0.4, 0.5) is 0 Å². The quantitative estimate of drug-likeness (QED) is 0.675. The third-order valence-electron chi connectivity index (χ3n) is 6.97. The summed E-state index contributed by atoms with van der Waals surface area (Å²) in [5.74, 6) is 0.845. The number of carbonyl (C=O) groups is 1. The molecule has 2 aromatic heterocycles. The fraction of sp³-hybridized carbons (Fsp3) is 0.480. The van der Waals surface area contributed by atoms with Crippen molar-refractivity contribution in [2.24, 2.45) is 0 Å². The van der Waals surface area contributed by atoms with Crippen molar-refractivity contribution in [2.75, 3.05) is 13.1 Å². The Hall–Kier alpha value is -2.93. The van der Waals surface area contributed by atoms with Gasteiger partial charge >= 0.3 is 0 Å². The molecule has 168 valence electrons. The third-order valence-corrected chi connectivity index (χ3v) is 6.97. The molecule has 2 aliphatic heterocycles. The minimum absolute atomic E-state index is 0.0636. The normalized spacial score (nSPS) is 19.5. The monoisotopic (exact) mass is 434 g/mol. The minimum Gasteiger partial charge on any atom is -0.451 e. The van der Waals surface area contributed by atoms with Gasteiger partial charge in [-0.1, -0.05) is 18.2 Å². The molecule has 0 bridgehead atoms.